The number of methoxy groups -OCH3 is 1. The molecule has 2 aliphatic rings. The van der Waals surface area contributed by atoms with Crippen molar-refractivity contribution in [3.8, 4) is 0 Å². The SMILES string of the molecule is COC(=O)[C@@]1(Cc2ccc(F)cc2)[C@H]2c3cc(C(=O)N(C)C)n(Cc4ccc(Cl)c(C(F)(F)F)c4)c3C[C@H]2CN1C(=O)c1ccccc1. The summed E-state index contributed by atoms with van der Waals surface area (Å²) in [6.45, 7) is 0.0965. The van der Waals surface area contributed by atoms with E-state index in [1.54, 1.807) is 67.2 Å². The summed E-state index contributed by atoms with van der Waals surface area (Å²) in [7, 11) is 4.38. The average molecular weight is 682 g/mol. The summed E-state index contributed by atoms with van der Waals surface area (Å²) in [6, 6.07) is 19.5. The highest BCUT2D eigenvalue weighted by molar-refractivity contribution is 6.31. The quantitative estimate of drug-likeness (QED) is 0.163. The predicted octanol–water partition coefficient (Wildman–Crippen LogP) is 6.62. The van der Waals surface area contributed by atoms with Crippen LogP contribution in [-0.2, 0) is 35.1 Å². The lowest BCUT2D eigenvalue weighted by molar-refractivity contribution is -0.153. The summed E-state index contributed by atoms with van der Waals surface area (Å²) in [5.41, 5.74) is 0.192. The van der Waals surface area contributed by atoms with Gasteiger partial charge in [-0.25, -0.2) is 9.18 Å². The molecule has 0 bridgehead atoms. The number of ether oxygens (including phenoxy) is 1. The molecule has 3 aromatic carbocycles. The van der Waals surface area contributed by atoms with Crippen LogP contribution in [0.5, 0.6) is 0 Å². The number of amides is 2. The Bertz CT molecular complexity index is 1890. The Morgan fingerprint density at radius 3 is 2.27 bits per heavy atom. The van der Waals surface area contributed by atoms with Crippen molar-refractivity contribution in [1.82, 2.24) is 14.4 Å². The first-order valence-corrected chi connectivity index (χ1v) is 15.6. The Hall–Kier alpha value is -4.64. The molecule has 2 heterocycles. The van der Waals surface area contributed by atoms with E-state index in [-0.39, 0.29) is 48.5 Å². The largest absolute Gasteiger partial charge is 0.467 e. The van der Waals surface area contributed by atoms with Gasteiger partial charge in [0, 0.05) is 50.8 Å². The number of hydrogen-bond donors (Lipinski definition) is 0. The zero-order chi connectivity index (χ0) is 34.5. The number of halogens is 5. The molecule has 0 spiro atoms. The van der Waals surface area contributed by atoms with Gasteiger partial charge >= 0.3 is 12.1 Å². The second kappa shape index (κ2) is 12.4. The fourth-order valence-corrected chi connectivity index (χ4v) is 7.60. The van der Waals surface area contributed by atoms with Gasteiger partial charge in [0.25, 0.3) is 11.8 Å². The van der Waals surface area contributed by atoms with Gasteiger partial charge < -0.3 is 19.1 Å². The van der Waals surface area contributed by atoms with Crippen molar-refractivity contribution in [2.75, 3.05) is 27.7 Å². The maximum Gasteiger partial charge on any atom is 0.417 e. The van der Waals surface area contributed by atoms with Crippen molar-refractivity contribution in [1.29, 1.82) is 0 Å². The number of nitrogens with zero attached hydrogens (tertiary/aromatic N) is 3. The van der Waals surface area contributed by atoms with Crippen LogP contribution < -0.4 is 0 Å². The first-order chi connectivity index (χ1) is 22.8. The topological polar surface area (TPSA) is 71.9 Å². The van der Waals surface area contributed by atoms with Crippen molar-refractivity contribution in [2.24, 2.45) is 5.92 Å². The number of carbonyl (C=O) groups excluding carboxylic acids is 3. The van der Waals surface area contributed by atoms with E-state index in [9.17, 15) is 31.9 Å². The molecule has 1 aliphatic carbocycles. The van der Waals surface area contributed by atoms with Crippen LogP contribution in [0.2, 0.25) is 5.02 Å². The molecule has 0 radical (unpaired) electrons. The van der Waals surface area contributed by atoms with E-state index in [0.29, 0.717) is 28.8 Å². The fourth-order valence-electron chi connectivity index (χ4n) is 7.37. The second-order valence-electron chi connectivity index (χ2n) is 12.5. The molecule has 12 heteroatoms. The van der Waals surface area contributed by atoms with Crippen LogP contribution in [0.25, 0.3) is 0 Å². The minimum Gasteiger partial charge on any atom is -0.467 e. The summed E-state index contributed by atoms with van der Waals surface area (Å²) < 4.78 is 62.4. The molecule has 250 valence electrons. The van der Waals surface area contributed by atoms with Crippen molar-refractivity contribution in [2.45, 2.75) is 37.0 Å². The van der Waals surface area contributed by atoms with E-state index in [1.807, 2.05) is 0 Å². The van der Waals surface area contributed by atoms with Crippen molar-refractivity contribution >= 4 is 29.4 Å². The molecule has 3 atom stereocenters. The summed E-state index contributed by atoms with van der Waals surface area (Å²) in [5.74, 6) is -2.85. The zero-order valence-electron chi connectivity index (χ0n) is 26.4. The van der Waals surface area contributed by atoms with Gasteiger partial charge in [0.05, 0.1) is 17.7 Å². The molecule has 4 aromatic rings. The predicted molar refractivity (Wildman–Crippen MR) is 170 cm³/mol. The lowest BCUT2D eigenvalue weighted by atomic mass is 9.75. The number of benzene rings is 3. The molecular weight excluding hydrogens is 650 g/mol. The van der Waals surface area contributed by atoms with Gasteiger partial charge in [0.2, 0.25) is 0 Å². The van der Waals surface area contributed by atoms with Gasteiger partial charge in [-0.3, -0.25) is 9.59 Å². The number of esters is 1. The van der Waals surface area contributed by atoms with Gasteiger partial charge in [-0.1, -0.05) is 48.0 Å². The third-order valence-corrected chi connectivity index (χ3v) is 9.74. The molecule has 48 heavy (non-hydrogen) atoms. The Morgan fingerprint density at radius 2 is 1.65 bits per heavy atom. The number of carbonyl (C=O) groups is 3. The maximum atomic E-state index is 14.2. The molecule has 7 nitrogen and oxygen atoms in total. The summed E-state index contributed by atoms with van der Waals surface area (Å²) in [5, 5.41) is -0.435. The van der Waals surface area contributed by atoms with Crippen LogP contribution in [0.4, 0.5) is 17.6 Å². The number of hydrogen-bond acceptors (Lipinski definition) is 4. The van der Waals surface area contributed by atoms with E-state index in [4.69, 9.17) is 16.3 Å². The van der Waals surface area contributed by atoms with E-state index >= 15 is 0 Å². The highest BCUT2D eigenvalue weighted by Crippen LogP contribution is 2.55. The molecule has 0 N–H and O–H groups in total. The molecule has 2 amide bonds. The maximum absolute atomic E-state index is 14.2. The van der Waals surface area contributed by atoms with E-state index in [2.05, 4.69) is 0 Å². The Kier molecular flexibility index (Phi) is 8.61. The van der Waals surface area contributed by atoms with E-state index in [0.717, 1.165) is 6.07 Å². The number of alkyl halides is 3. The number of rotatable bonds is 7. The Morgan fingerprint density at radius 1 is 0.979 bits per heavy atom. The monoisotopic (exact) mass is 681 g/mol. The zero-order valence-corrected chi connectivity index (χ0v) is 27.1. The van der Waals surface area contributed by atoms with Crippen LogP contribution in [0.1, 0.15) is 54.7 Å². The Balaban J connectivity index is 1.53. The van der Waals surface area contributed by atoms with Gasteiger partial charge in [-0.15, -0.1) is 0 Å². The summed E-state index contributed by atoms with van der Waals surface area (Å²) in [6.07, 6.45) is -4.35. The average Bonchev–Trinajstić information content (AvgIpc) is 3.69. The standard InChI is InChI=1S/C36H32ClF4N3O4/c1-42(2)33(46)30-17-26-29(43(30)19-22-11-14-28(37)27(15-22)36(39,40)41)16-24-20-44(32(45)23-7-5-4-6-8-23)35(31(24)26,34(47)48-3)18-21-9-12-25(38)13-10-21/h4-15,17,24,31H,16,18-20H2,1-3H3/t24-,31+,35+/m0/s1. The molecule has 0 saturated carbocycles. The summed E-state index contributed by atoms with van der Waals surface area (Å²) in [4.78, 5) is 44.9. The van der Waals surface area contributed by atoms with Crippen LogP contribution in [0.3, 0.4) is 0 Å². The molecule has 0 unspecified atom stereocenters. The minimum absolute atomic E-state index is 0.00655. The third kappa shape index (κ3) is 5.63. The number of aromatic nitrogens is 1. The summed E-state index contributed by atoms with van der Waals surface area (Å²) >= 11 is 5.89. The van der Waals surface area contributed by atoms with Gasteiger partial charge in [0.15, 0.2) is 5.54 Å². The molecule has 6 rings (SSSR count). The van der Waals surface area contributed by atoms with E-state index in [1.165, 1.54) is 41.2 Å². The highest BCUT2D eigenvalue weighted by atomic mass is 35.5. The normalized spacial score (nSPS) is 20.0. The smallest absolute Gasteiger partial charge is 0.417 e. The van der Waals surface area contributed by atoms with Crippen LogP contribution >= 0.6 is 11.6 Å². The fraction of sp³-hybridized carbons (Fsp3) is 0.306. The number of fused-ring (bicyclic) bond motifs is 3. The number of likely N-dealkylation sites (tertiary alicyclic amines) is 1. The van der Waals surface area contributed by atoms with Gasteiger partial charge in [-0.05, 0) is 71.5 Å². The lowest BCUT2D eigenvalue weighted by Gasteiger charge is -2.40. The molecular formula is C36H32ClF4N3O4. The van der Waals surface area contributed by atoms with Crippen LogP contribution in [0, 0.1) is 11.7 Å². The molecule has 1 aromatic heterocycles. The highest BCUT2D eigenvalue weighted by Gasteiger charge is 2.64. The van der Waals surface area contributed by atoms with Gasteiger partial charge in [0.1, 0.15) is 11.5 Å². The van der Waals surface area contributed by atoms with Gasteiger partial charge in [-0.2, -0.15) is 13.2 Å². The van der Waals surface area contributed by atoms with Crippen molar-refractivity contribution in [3.63, 3.8) is 0 Å². The second-order valence-corrected chi connectivity index (χ2v) is 12.9. The Labute approximate surface area is 279 Å². The first kappa shape index (κ1) is 33.3. The van der Waals surface area contributed by atoms with Crippen LogP contribution in [-0.4, -0.2) is 65.4 Å². The molecule has 1 fully saturated rings. The van der Waals surface area contributed by atoms with Crippen molar-refractivity contribution in [3.05, 3.63) is 129 Å². The molecule has 1 saturated heterocycles. The lowest BCUT2D eigenvalue weighted by Crippen LogP contribution is -2.58. The van der Waals surface area contributed by atoms with E-state index < -0.39 is 40.0 Å². The van der Waals surface area contributed by atoms with Crippen molar-refractivity contribution < 1.29 is 36.7 Å². The van der Waals surface area contributed by atoms with Crippen LogP contribution in [0.15, 0.2) is 78.9 Å². The minimum atomic E-state index is -4.68. The first-order valence-electron chi connectivity index (χ1n) is 15.3. The molecule has 1 aliphatic heterocycles. The third-order valence-electron chi connectivity index (χ3n) is 9.41.